The molecule has 0 saturated carbocycles. The molecular weight excluding hydrogens is 344 g/mol. The third-order valence-corrected chi connectivity index (χ3v) is 5.71. The lowest BCUT2D eigenvalue weighted by molar-refractivity contribution is -0.124. The van der Waals surface area contributed by atoms with Gasteiger partial charge in [0.1, 0.15) is 6.10 Å². The van der Waals surface area contributed by atoms with E-state index in [0.717, 1.165) is 12.8 Å². The van der Waals surface area contributed by atoms with Crippen molar-refractivity contribution in [2.24, 2.45) is 0 Å². The summed E-state index contributed by atoms with van der Waals surface area (Å²) in [6, 6.07) is 6.79. The normalized spacial score (nSPS) is 21.9. The number of benzene rings is 1. The maximum Gasteiger partial charge on any atom is 0.253 e. The zero-order chi connectivity index (χ0) is 17.9. The van der Waals surface area contributed by atoms with E-state index >= 15 is 0 Å². The van der Waals surface area contributed by atoms with E-state index in [1.54, 1.807) is 24.3 Å². The van der Waals surface area contributed by atoms with Gasteiger partial charge in [0, 0.05) is 31.5 Å². The summed E-state index contributed by atoms with van der Waals surface area (Å²) in [5, 5.41) is 2.82. The van der Waals surface area contributed by atoms with Crippen LogP contribution in [0.15, 0.2) is 24.3 Å². The Balaban J connectivity index is 1.73. The SMILES string of the molecule is CS(=O)(=O)N(c1ccc(NC(=O)C2CCCO2)cc1)C1CCOCC1. The second-order valence-electron chi connectivity index (χ2n) is 6.44. The first kappa shape index (κ1) is 18.2. The van der Waals surface area contributed by atoms with E-state index in [4.69, 9.17) is 9.47 Å². The molecule has 1 amide bonds. The summed E-state index contributed by atoms with van der Waals surface area (Å²) in [4.78, 5) is 12.1. The average Bonchev–Trinajstić information content (AvgIpc) is 3.11. The van der Waals surface area contributed by atoms with Crippen LogP contribution in [-0.2, 0) is 24.3 Å². The van der Waals surface area contributed by atoms with E-state index in [2.05, 4.69) is 5.32 Å². The van der Waals surface area contributed by atoms with Gasteiger partial charge in [-0.2, -0.15) is 0 Å². The third-order valence-electron chi connectivity index (χ3n) is 4.49. The van der Waals surface area contributed by atoms with E-state index in [9.17, 15) is 13.2 Å². The number of anilines is 2. The molecule has 25 heavy (non-hydrogen) atoms. The molecular formula is C17H24N2O5S. The highest BCUT2D eigenvalue weighted by Gasteiger charge is 2.29. The van der Waals surface area contributed by atoms with Crippen molar-refractivity contribution >= 4 is 27.3 Å². The number of nitrogens with zero attached hydrogens (tertiary/aromatic N) is 1. The summed E-state index contributed by atoms with van der Waals surface area (Å²) in [7, 11) is -3.40. The lowest BCUT2D eigenvalue weighted by Crippen LogP contribution is -2.43. The van der Waals surface area contributed by atoms with Crippen LogP contribution in [0.1, 0.15) is 25.7 Å². The number of rotatable bonds is 5. The van der Waals surface area contributed by atoms with Gasteiger partial charge in [-0.05, 0) is 49.9 Å². The Labute approximate surface area is 148 Å². The first-order chi connectivity index (χ1) is 11.9. The average molecular weight is 368 g/mol. The Morgan fingerprint density at radius 2 is 1.80 bits per heavy atom. The predicted octanol–water partition coefficient (Wildman–Crippen LogP) is 1.75. The second-order valence-corrected chi connectivity index (χ2v) is 8.30. The minimum atomic E-state index is -3.40. The van der Waals surface area contributed by atoms with Crippen molar-refractivity contribution < 1.29 is 22.7 Å². The largest absolute Gasteiger partial charge is 0.381 e. The van der Waals surface area contributed by atoms with Crippen LogP contribution in [0.2, 0.25) is 0 Å². The molecule has 0 bridgehead atoms. The van der Waals surface area contributed by atoms with Gasteiger partial charge >= 0.3 is 0 Å². The fourth-order valence-corrected chi connectivity index (χ4v) is 4.55. The summed E-state index contributed by atoms with van der Waals surface area (Å²) in [6.07, 6.45) is 3.79. The number of amides is 1. The molecule has 0 aliphatic carbocycles. The summed E-state index contributed by atoms with van der Waals surface area (Å²) < 4.78 is 36.7. The van der Waals surface area contributed by atoms with Gasteiger partial charge in [-0.15, -0.1) is 0 Å². The van der Waals surface area contributed by atoms with Gasteiger partial charge in [-0.25, -0.2) is 8.42 Å². The van der Waals surface area contributed by atoms with Crippen molar-refractivity contribution in [3.8, 4) is 0 Å². The van der Waals surface area contributed by atoms with E-state index < -0.39 is 16.1 Å². The summed E-state index contributed by atoms with van der Waals surface area (Å²) in [6.45, 7) is 1.74. The highest BCUT2D eigenvalue weighted by Crippen LogP contribution is 2.27. The highest BCUT2D eigenvalue weighted by atomic mass is 32.2. The van der Waals surface area contributed by atoms with E-state index in [-0.39, 0.29) is 11.9 Å². The minimum absolute atomic E-state index is 0.101. The van der Waals surface area contributed by atoms with Crippen LogP contribution >= 0.6 is 0 Å². The van der Waals surface area contributed by atoms with Crippen molar-refractivity contribution in [1.29, 1.82) is 0 Å². The molecule has 2 aliphatic rings. The van der Waals surface area contributed by atoms with Crippen LogP contribution in [0, 0.1) is 0 Å². The number of ether oxygens (including phenoxy) is 2. The fourth-order valence-electron chi connectivity index (χ4n) is 3.29. The number of hydrogen-bond acceptors (Lipinski definition) is 5. The Morgan fingerprint density at radius 1 is 1.12 bits per heavy atom. The highest BCUT2D eigenvalue weighted by molar-refractivity contribution is 7.92. The second kappa shape index (κ2) is 7.72. The van der Waals surface area contributed by atoms with Crippen molar-refractivity contribution in [3.05, 3.63) is 24.3 Å². The topological polar surface area (TPSA) is 84.9 Å². The van der Waals surface area contributed by atoms with Crippen molar-refractivity contribution in [1.82, 2.24) is 0 Å². The molecule has 1 N–H and O–H groups in total. The van der Waals surface area contributed by atoms with Crippen LogP contribution < -0.4 is 9.62 Å². The van der Waals surface area contributed by atoms with E-state index in [1.165, 1.54) is 10.6 Å². The molecule has 7 nitrogen and oxygen atoms in total. The van der Waals surface area contributed by atoms with Gasteiger partial charge in [0.2, 0.25) is 10.0 Å². The van der Waals surface area contributed by atoms with Gasteiger partial charge in [0.05, 0.1) is 11.9 Å². The van der Waals surface area contributed by atoms with E-state index in [0.29, 0.717) is 44.0 Å². The van der Waals surface area contributed by atoms with Gasteiger partial charge in [0.25, 0.3) is 5.91 Å². The molecule has 1 aromatic rings. The molecule has 2 aliphatic heterocycles. The Bertz CT molecular complexity index is 692. The van der Waals surface area contributed by atoms with Crippen molar-refractivity contribution in [3.63, 3.8) is 0 Å². The lowest BCUT2D eigenvalue weighted by atomic mass is 10.1. The Hall–Kier alpha value is -1.64. The number of sulfonamides is 1. The monoisotopic (exact) mass is 368 g/mol. The first-order valence-electron chi connectivity index (χ1n) is 8.55. The number of nitrogens with one attached hydrogen (secondary N) is 1. The first-order valence-corrected chi connectivity index (χ1v) is 10.4. The number of carbonyl (C=O) groups is 1. The van der Waals surface area contributed by atoms with Crippen molar-refractivity contribution in [2.45, 2.75) is 37.8 Å². The minimum Gasteiger partial charge on any atom is -0.381 e. The zero-order valence-electron chi connectivity index (χ0n) is 14.3. The van der Waals surface area contributed by atoms with Crippen LogP contribution in [-0.4, -0.2) is 52.5 Å². The molecule has 8 heteroatoms. The van der Waals surface area contributed by atoms with Crippen LogP contribution in [0.3, 0.4) is 0 Å². The van der Waals surface area contributed by atoms with Gasteiger partial charge in [-0.3, -0.25) is 9.10 Å². The maximum absolute atomic E-state index is 12.3. The fraction of sp³-hybridized carbons (Fsp3) is 0.588. The Morgan fingerprint density at radius 3 is 2.36 bits per heavy atom. The van der Waals surface area contributed by atoms with Crippen LogP contribution in [0.25, 0.3) is 0 Å². The van der Waals surface area contributed by atoms with Crippen LogP contribution in [0.4, 0.5) is 11.4 Å². The molecule has 2 saturated heterocycles. The molecule has 0 aromatic heterocycles. The molecule has 1 aromatic carbocycles. The van der Waals surface area contributed by atoms with Crippen LogP contribution in [0.5, 0.6) is 0 Å². The Kier molecular flexibility index (Phi) is 5.61. The van der Waals surface area contributed by atoms with Crippen molar-refractivity contribution in [2.75, 3.05) is 35.7 Å². The summed E-state index contributed by atoms with van der Waals surface area (Å²) in [5.74, 6) is -0.158. The summed E-state index contributed by atoms with van der Waals surface area (Å²) in [5.41, 5.74) is 1.23. The molecule has 2 fully saturated rings. The maximum atomic E-state index is 12.3. The molecule has 1 unspecified atom stereocenters. The van der Waals surface area contributed by atoms with Gasteiger partial charge in [0.15, 0.2) is 0 Å². The van der Waals surface area contributed by atoms with Gasteiger partial charge in [-0.1, -0.05) is 0 Å². The number of carbonyl (C=O) groups excluding carboxylic acids is 1. The molecule has 0 spiro atoms. The predicted molar refractivity (Wildman–Crippen MR) is 95.2 cm³/mol. The molecule has 0 radical (unpaired) electrons. The zero-order valence-corrected chi connectivity index (χ0v) is 15.1. The standard InChI is InChI=1S/C17H24N2O5S/c1-25(21,22)19(15-8-11-23-12-9-15)14-6-4-13(5-7-14)18-17(20)16-3-2-10-24-16/h4-7,15-16H,2-3,8-12H2,1H3,(H,18,20). The molecule has 138 valence electrons. The lowest BCUT2D eigenvalue weighted by Gasteiger charge is -2.34. The third kappa shape index (κ3) is 4.50. The molecule has 2 heterocycles. The van der Waals surface area contributed by atoms with Gasteiger partial charge < -0.3 is 14.8 Å². The molecule has 3 rings (SSSR count). The molecule has 1 atom stereocenters. The van der Waals surface area contributed by atoms with E-state index in [1.807, 2.05) is 0 Å². The quantitative estimate of drug-likeness (QED) is 0.856. The smallest absolute Gasteiger partial charge is 0.253 e. The summed E-state index contributed by atoms with van der Waals surface area (Å²) >= 11 is 0. The number of hydrogen-bond donors (Lipinski definition) is 1.